The minimum absolute atomic E-state index is 0.148. The summed E-state index contributed by atoms with van der Waals surface area (Å²) in [7, 11) is 0. The van der Waals surface area contributed by atoms with Gasteiger partial charge < -0.3 is 21.7 Å². The van der Waals surface area contributed by atoms with Crippen molar-refractivity contribution in [1.82, 2.24) is 15.1 Å². The van der Waals surface area contributed by atoms with Crippen molar-refractivity contribution in [3.05, 3.63) is 59.9 Å². The molecule has 31 heavy (non-hydrogen) atoms. The number of nitrogens with zero attached hydrogens (tertiary/aromatic N) is 2. The lowest BCUT2D eigenvalue weighted by Gasteiger charge is -2.29. The van der Waals surface area contributed by atoms with E-state index in [0.717, 1.165) is 5.56 Å². The van der Waals surface area contributed by atoms with Crippen LogP contribution in [0.2, 0.25) is 0 Å². The lowest BCUT2D eigenvalue weighted by molar-refractivity contribution is -0.127. The summed E-state index contributed by atoms with van der Waals surface area (Å²) in [5.41, 5.74) is 7.39. The van der Waals surface area contributed by atoms with Crippen LogP contribution in [0.25, 0.3) is 0 Å². The van der Waals surface area contributed by atoms with Gasteiger partial charge in [0.25, 0.3) is 5.91 Å². The quantitative estimate of drug-likeness (QED) is 0.582. The van der Waals surface area contributed by atoms with E-state index in [0.29, 0.717) is 11.4 Å². The molecule has 1 saturated heterocycles. The van der Waals surface area contributed by atoms with Gasteiger partial charge in [0.1, 0.15) is 5.82 Å². The number of nitrogens with one attached hydrogen (secondary N) is 3. The fourth-order valence-electron chi connectivity index (χ4n) is 3.27. The van der Waals surface area contributed by atoms with Crippen LogP contribution < -0.4 is 21.7 Å². The molecule has 164 valence electrons. The van der Waals surface area contributed by atoms with Gasteiger partial charge in [0.05, 0.1) is 0 Å². The molecule has 2 aromatic rings. The Hall–Kier alpha value is -3.66. The molecule has 0 spiro atoms. The SMILES string of the molecule is Cc1cccc(NC(=O)N2CCN(C(=O)Nc3ccc(F)cc3)C2C(=O)NCCN)c1. The summed E-state index contributed by atoms with van der Waals surface area (Å²) in [6.45, 7) is 2.63. The molecule has 3 rings (SSSR count). The van der Waals surface area contributed by atoms with Gasteiger partial charge in [-0.1, -0.05) is 12.1 Å². The second kappa shape index (κ2) is 9.90. The average molecular weight is 428 g/mol. The number of amides is 5. The van der Waals surface area contributed by atoms with Crippen LogP contribution >= 0.6 is 0 Å². The number of aryl methyl sites for hydroxylation is 1. The number of anilines is 2. The van der Waals surface area contributed by atoms with Crippen molar-refractivity contribution in [2.75, 3.05) is 36.8 Å². The van der Waals surface area contributed by atoms with Gasteiger partial charge in [-0.05, 0) is 48.9 Å². The van der Waals surface area contributed by atoms with Gasteiger partial charge in [0, 0.05) is 37.6 Å². The monoisotopic (exact) mass is 428 g/mol. The van der Waals surface area contributed by atoms with Crippen LogP contribution in [-0.2, 0) is 4.79 Å². The van der Waals surface area contributed by atoms with Crippen LogP contribution in [0.15, 0.2) is 48.5 Å². The van der Waals surface area contributed by atoms with E-state index < -0.39 is 30.0 Å². The number of nitrogens with two attached hydrogens (primary N) is 1. The molecule has 5 N–H and O–H groups in total. The highest BCUT2D eigenvalue weighted by molar-refractivity contribution is 5.98. The molecule has 0 saturated carbocycles. The van der Waals surface area contributed by atoms with E-state index in [1.165, 1.54) is 34.1 Å². The Morgan fingerprint density at radius 3 is 2.19 bits per heavy atom. The van der Waals surface area contributed by atoms with Crippen molar-refractivity contribution in [3.8, 4) is 0 Å². The first-order valence-corrected chi connectivity index (χ1v) is 9.84. The minimum Gasteiger partial charge on any atom is -0.351 e. The summed E-state index contributed by atoms with van der Waals surface area (Å²) in [5, 5.41) is 8.02. The van der Waals surface area contributed by atoms with Crippen LogP contribution in [-0.4, -0.2) is 60.1 Å². The number of halogens is 1. The molecular formula is C21H25FN6O3. The summed E-state index contributed by atoms with van der Waals surface area (Å²) >= 11 is 0. The molecule has 1 aliphatic rings. The van der Waals surface area contributed by atoms with Crippen LogP contribution in [0.4, 0.5) is 25.4 Å². The maximum atomic E-state index is 13.1. The van der Waals surface area contributed by atoms with E-state index in [2.05, 4.69) is 16.0 Å². The molecule has 0 aromatic heterocycles. The molecule has 1 heterocycles. The Kier molecular flexibility index (Phi) is 7.03. The highest BCUT2D eigenvalue weighted by Gasteiger charge is 2.42. The molecule has 0 radical (unpaired) electrons. The molecule has 1 aliphatic heterocycles. The van der Waals surface area contributed by atoms with E-state index in [4.69, 9.17) is 5.73 Å². The molecular weight excluding hydrogens is 403 g/mol. The second-order valence-corrected chi connectivity index (χ2v) is 7.08. The predicted octanol–water partition coefficient (Wildman–Crippen LogP) is 1.92. The zero-order chi connectivity index (χ0) is 22.4. The molecule has 10 heteroatoms. The second-order valence-electron chi connectivity index (χ2n) is 7.08. The van der Waals surface area contributed by atoms with Crippen molar-refractivity contribution in [2.24, 2.45) is 5.73 Å². The molecule has 2 aromatic carbocycles. The number of benzene rings is 2. The fourth-order valence-corrected chi connectivity index (χ4v) is 3.27. The van der Waals surface area contributed by atoms with Gasteiger partial charge in [0.2, 0.25) is 0 Å². The zero-order valence-corrected chi connectivity index (χ0v) is 17.1. The summed E-state index contributed by atoms with van der Waals surface area (Å²) in [6, 6.07) is 11.4. The van der Waals surface area contributed by atoms with Gasteiger partial charge in [-0.3, -0.25) is 14.6 Å². The van der Waals surface area contributed by atoms with E-state index in [9.17, 15) is 18.8 Å². The number of carbonyl (C=O) groups is 3. The Morgan fingerprint density at radius 2 is 1.61 bits per heavy atom. The van der Waals surface area contributed by atoms with Crippen LogP contribution in [0.1, 0.15) is 5.56 Å². The van der Waals surface area contributed by atoms with Gasteiger partial charge in [-0.2, -0.15) is 0 Å². The lowest BCUT2D eigenvalue weighted by Crippen LogP contribution is -2.55. The number of hydrogen-bond acceptors (Lipinski definition) is 4. The molecule has 0 aliphatic carbocycles. The third-order valence-electron chi connectivity index (χ3n) is 4.74. The Labute approximate surface area is 179 Å². The zero-order valence-electron chi connectivity index (χ0n) is 17.1. The van der Waals surface area contributed by atoms with Crippen molar-refractivity contribution < 1.29 is 18.8 Å². The van der Waals surface area contributed by atoms with Crippen LogP contribution in [0.3, 0.4) is 0 Å². The Balaban J connectivity index is 1.77. The Morgan fingerprint density at radius 1 is 1.00 bits per heavy atom. The molecule has 9 nitrogen and oxygen atoms in total. The first-order chi connectivity index (χ1) is 14.9. The molecule has 5 amide bonds. The first-order valence-electron chi connectivity index (χ1n) is 9.84. The van der Waals surface area contributed by atoms with E-state index in [1.807, 2.05) is 19.1 Å². The molecule has 1 fully saturated rings. The van der Waals surface area contributed by atoms with Crippen molar-refractivity contribution in [2.45, 2.75) is 13.1 Å². The number of urea groups is 2. The standard InChI is InChI=1S/C21H25FN6O3/c1-14-3-2-4-17(13-14)26-21(31)28-12-11-27(19(28)18(29)24-10-9-23)20(30)25-16-7-5-15(22)6-8-16/h2-8,13,19H,9-12,23H2,1H3,(H,24,29)(H,25,30)(H,26,31). The fraction of sp³-hybridized carbons (Fsp3) is 0.286. The first kappa shape index (κ1) is 22.0. The normalized spacial score (nSPS) is 15.5. The van der Waals surface area contributed by atoms with Gasteiger partial charge in [-0.25, -0.2) is 14.0 Å². The highest BCUT2D eigenvalue weighted by atomic mass is 19.1. The van der Waals surface area contributed by atoms with Crippen LogP contribution in [0, 0.1) is 12.7 Å². The number of hydrogen-bond donors (Lipinski definition) is 4. The third-order valence-corrected chi connectivity index (χ3v) is 4.74. The maximum absolute atomic E-state index is 13.1. The van der Waals surface area contributed by atoms with Crippen molar-refractivity contribution in [3.63, 3.8) is 0 Å². The van der Waals surface area contributed by atoms with Gasteiger partial charge in [0.15, 0.2) is 6.17 Å². The van der Waals surface area contributed by atoms with Crippen molar-refractivity contribution in [1.29, 1.82) is 0 Å². The predicted molar refractivity (Wildman–Crippen MR) is 115 cm³/mol. The topological polar surface area (TPSA) is 120 Å². The van der Waals surface area contributed by atoms with Crippen LogP contribution in [0.5, 0.6) is 0 Å². The smallest absolute Gasteiger partial charge is 0.323 e. The largest absolute Gasteiger partial charge is 0.351 e. The summed E-state index contributed by atoms with van der Waals surface area (Å²) in [6.07, 6.45) is -1.16. The molecule has 0 bridgehead atoms. The molecule has 1 atom stereocenters. The summed E-state index contributed by atoms with van der Waals surface area (Å²) in [5.74, 6) is -0.950. The maximum Gasteiger partial charge on any atom is 0.323 e. The van der Waals surface area contributed by atoms with E-state index in [1.54, 1.807) is 12.1 Å². The number of carbonyl (C=O) groups excluding carboxylic acids is 3. The summed E-state index contributed by atoms with van der Waals surface area (Å²) in [4.78, 5) is 41.0. The highest BCUT2D eigenvalue weighted by Crippen LogP contribution is 2.20. The third kappa shape index (κ3) is 5.48. The van der Waals surface area contributed by atoms with Gasteiger partial charge >= 0.3 is 12.1 Å². The lowest BCUT2D eigenvalue weighted by atomic mass is 10.2. The summed E-state index contributed by atoms with van der Waals surface area (Å²) < 4.78 is 13.1. The van der Waals surface area contributed by atoms with E-state index in [-0.39, 0.29) is 26.2 Å². The van der Waals surface area contributed by atoms with E-state index >= 15 is 0 Å². The van der Waals surface area contributed by atoms with Crippen molar-refractivity contribution >= 4 is 29.3 Å². The van der Waals surface area contributed by atoms with Gasteiger partial charge in [-0.15, -0.1) is 0 Å². The minimum atomic E-state index is -1.16. The number of rotatable bonds is 5. The average Bonchev–Trinajstić information content (AvgIpc) is 3.19. The molecule has 1 unspecified atom stereocenters. The Bertz CT molecular complexity index is 952.